The molecule has 0 aliphatic heterocycles. The first-order chi connectivity index (χ1) is 8.97. The molecule has 104 valence electrons. The van der Waals surface area contributed by atoms with Gasteiger partial charge in [-0.05, 0) is 13.8 Å². The predicted molar refractivity (Wildman–Crippen MR) is 77.5 cm³/mol. The van der Waals surface area contributed by atoms with Gasteiger partial charge in [0.15, 0.2) is 0 Å². The van der Waals surface area contributed by atoms with Crippen molar-refractivity contribution in [2.45, 2.75) is 20.4 Å². The molecule has 0 aromatic heterocycles. The monoisotopic (exact) mass is 262 g/mol. The second kappa shape index (κ2) is 7.10. The quantitative estimate of drug-likeness (QED) is 0.429. The van der Waals surface area contributed by atoms with Crippen LogP contribution in [0.25, 0.3) is 0 Å². The lowest BCUT2D eigenvalue weighted by Gasteiger charge is -2.33. The first-order valence-electron chi connectivity index (χ1n) is 6.67. The lowest BCUT2D eigenvalue weighted by molar-refractivity contribution is -0.921. The molecule has 19 heavy (non-hydrogen) atoms. The smallest absolute Gasteiger partial charge is 0.333 e. The predicted octanol–water partition coefficient (Wildman–Crippen LogP) is 2.77. The zero-order valence-electron chi connectivity index (χ0n) is 12.2. The number of hydrogen-bond donors (Lipinski definition) is 0. The van der Waals surface area contributed by atoms with Gasteiger partial charge in [-0.2, -0.15) is 0 Å². The van der Waals surface area contributed by atoms with E-state index in [0.717, 1.165) is 24.1 Å². The fourth-order valence-electron chi connectivity index (χ4n) is 1.86. The molecule has 3 heteroatoms. The zero-order valence-corrected chi connectivity index (χ0v) is 12.2. The Morgan fingerprint density at radius 1 is 1.32 bits per heavy atom. The average molecular weight is 262 g/mol. The van der Waals surface area contributed by atoms with E-state index in [1.807, 2.05) is 6.07 Å². The molecule has 0 spiro atoms. The van der Waals surface area contributed by atoms with Gasteiger partial charge in [-0.15, -0.1) is 0 Å². The van der Waals surface area contributed by atoms with Crippen molar-refractivity contribution in [1.29, 1.82) is 0 Å². The van der Waals surface area contributed by atoms with Gasteiger partial charge in [0.2, 0.25) is 0 Å². The minimum atomic E-state index is -0.303. The van der Waals surface area contributed by atoms with Crippen LogP contribution in [0.4, 0.5) is 0 Å². The molecule has 1 aromatic rings. The van der Waals surface area contributed by atoms with Crippen LogP contribution in [0.1, 0.15) is 19.4 Å². The number of likely N-dealkylation sites (N-methyl/N-ethyl adjacent to an activating group) is 1. The van der Waals surface area contributed by atoms with Gasteiger partial charge in [0.1, 0.15) is 19.7 Å². The lowest BCUT2D eigenvalue weighted by Crippen LogP contribution is -2.45. The van der Waals surface area contributed by atoms with Crippen LogP contribution >= 0.6 is 0 Å². The Morgan fingerprint density at radius 2 is 1.95 bits per heavy atom. The maximum Gasteiger partial charge on any atom is 0.333 e. The fourth-order valence-corrected chi connectivity index (χ4v) is 1.86. The molecular weight excluding hydrogens is 238 g/mol. The Labute approximate surface area is 116 Å². The topological polar surface area (TPSA) is 26.3 Å². The number of rotatable bonds is 7. The van der Waals surface area contributed by atoms with Crippen LogP contribution in [0.3, 0.4) is 0 Å². The highest BCUT2D eigenvalue weighted by Crippen LogP contribution is 2.11. The first kappa shape index (κ1) is 15.4. The number of ether oxygens (including phenoxy) is 1. The minimum absolute atomic E-state index is 0.303. The van der Waals surface area contributed by atoms with Crippen molar-refractivity contribution in [3.05, 3.63) is 48.0 Å². The van der Waals surface area contributed by atoms with E-state index < -0.39 is 0 Å². The second-order valence-corrected chi connectivity index (χ2v) is 5.22. The number of benzene rings is 1. The fraction of sp³-hybridized carbons (Fsp3) is 0.438. The summed E-state index contributed by atoms with van der Waals surface area (Å²) in [4.78, 5) is 11.3. The third kappa shape index (κ3) is 5.26. The van der Waals surface area contributed by atoms with Crippen molar-refractivity contribution in [2.24, 2.45) is 0 Å². The van der Waals surface area contributed by atoms with Crippen molar-refractivity contribution in [2.75, 3.05) is 26.7 Å². The Morgan fingerprint density at radius 3 is 2.47 bits per heavy atom. The highest BCUT2D eigenvalue weighted by molar-refractivity contribution is 5.86. The number of esters is 1. The van der Waals surface area contributed by atoms with Gasteiger partial charge < -0.3 is 9.22 Å². The van der Waals surface area contributed by atoms with Crippen molar-refractivity contribution in [3.63, 3.8) is 0 Å². The molecule has 0 N–H and O–H groups in total. The molecule has 0 heterocycles. The van der Waals surface area contributed by atoms with Gasteiger partial charge in [-0.3, -0.25) is 0 Å². The second-order valence-electron chi connectivity index (χ2n) is 5.22. The molecule has 0 radical (unpaired) electrons. The molecule has 0 aliphatic carbocycles. The first-order valence-corrected chi connectivity index (χ1v) is 6.67. The summed E-state index contributed by atoms with van der Waals surface area (Å²) in [5.41, 5.74) is 1.76. The van der Waals surface area contributed by atoms with E-state index in [1.54, 1.807) is 6.92 Å². The lowest BCUT2D eigenvalue weighted by atomic mass is 10.2. The summed E-state index contributed by atoms with van der Waals surface area (Å²) >= 11 is 0. The van der Waals surface area contributed by atoms with Crippen LogP contribution in [-0.2, 0) is 16.1 Å². The summed E-state index contributed by atoms with van der Waals surface area (Å²) in [7, 11) is 2.18. The largest absolute Gasteiger partial charge is 0.456 e. The van der Waals surface area contributed by atoms with E-state index in [1.165, 1.54) is 5.56 Å². The van der Waals surface area contributed by atoms with Crippen molar-refractivity contribution in [3.8, 4) is 0 Å². The molecular formula is C16H24NO2+. The van der Waals surface area contributed by atoms with E-state index in [9.17, 15) is 4.79 Å². The highest BCUT2D eigenvalue weighted by Gasteiger charge is 2.20. The molecule has 3 nitrogen and oxygen atoms in total. The van der Waals surface area contributed by atoms with Gasteiger partial charge in [-0.25, -0.2) is 4.79 Å². The van der Waals surface area contributed by atoms with Crippen LogP contribution in [0.5, 0.6) is 0 Å². The van der Waals surface area contributed by atoms with Crippen LogP contribution in [0.15, 0.2) is 42.5 Å². The van der Waals surface area contributed by atoms with Crippen LogP contribution < -0.4 is 0 Å². The maximum absolute atomic E-state index is 11.3. The van der Waals surface area contributed by atoms with Crippen molar-refractivity contribution >= 4 is 5.97 Å². The van der Waals surface area contributed by atoms with Crippen LogP contribution in [-0.4, -0.2) is 37.2 Å². The Bertz CT molecular complexity index is 428. The molecule has 1 atom stereocenters. The highest BCUT2D eigenvalue weighted by atomic mass is 16.5. The molecule has 1 aromatic carbocycles. The summed E-state index contributed by atoms with van der Waals surface area (Å²) in [5, 5.41) is 0. The number of carbonyl (C=O) groups is 1. The number of carbonyl (C=O) groups excluding carboxylic acids is 1. The van der Waals surface area contributed by atoms with Crippen molar-refractivity contribution < 1.29 is 14.0 Å². The van der Waals surface area contributed by atoms with Gasteiger partial charge in [-0.1, -0.05) is 36.9 Å². The maximum atomic E-state index is 11.3. The van der Waals surface area contributed by atoms with Gasteiger partial charge in [0.25, 0.3) is 0 Å². The molecule has 0 amide bonds. The summed E-state index contributed by atoms with van der Waals surface area (Å²) in [6.07, 6.45) is 0. The van der Waals surface area contributed by atoms with Gasteiger partial charge in [0.05, 0.1) is 13.6 Å². The molecule has 0 saturated heterocycles. The summed E-state index contributed by atoms with van der Waals surface area (Å²) in [6.45, 7) is 10.6. The van der Waals surface area contributed by atoms with Gasteiger partial charge >= 0.3 is 5.97 Å². The van der Waals surface area contributed by atoms with Crippen molar-refractivity contribution in [1.82, 2.24) is 0 Å². The number of hydrogen-bond acceptors (Lipinski definition) is 2. The molecule has 0 bridgehead atoms. The number of quaternary nitrogens is 1. The van der Waals surface area contributed by atoms with E-state index in [0.29, 0.717) is 12.2 Å². The SMILES string of the molecule is C=C(C)C(=O)OCC[N+](C)(CC)Cc1ccccc1. The molecule has 0 saturated carbocycles. The Hall–Kier alpha value is -1.61. The summed E-state index contributed by atoms with van der Waals surface area (Å²) in [6, 6.07) is 10.4. The minimum Gasteiger partial charge on any atom is -0.456 e. The average Bonchev–Trinajstić information content (AvgIpc) is 2.39. The standard InChI is InChI=1S/C16H24NO2/c1-5-17(4,11-12-19-16(18)14(2)3)13-15-9-7-6-8-10-15/h6-10H,2,5,11-13H2,1,3-4H3/q+1. The summed E-state index contributed by atoms with van der Waals surface area (Å²) < 4.78 is 6.04. The van der Waals surface area contributed by atoms with E-state index >= 15 is 0 Å². The number of nitrogens with zero attached hydrogens (tertiary/aromatic N) is 1. The molecule has 0 aliphatic rings. The molecule has 1 rings (SSSR count). The zero-order chi connectivity index (χ0) is 14.3. The van der Waals surface area contributed by atoms with E-state index in [4.69, 9.17) is 4.74 Å². The Balaban J connectivity index is 2.51. The van der Waals surface area contributed by atoms with Crippen LogP contribution in [0, 0.1) is 0 Å². The Kier molecular flexibility index (Phi) is 5.77. The molecule has 1 unspecified atom stereocenters. The van der Waals surface area contributed by atoms with E-state index in [2.05, 4.69) is 44.8 Å². The van der Waals surface area contributed by atoms with Gasteiger partial charge in [0, 0.05) is 11.1 Å². The van der Waals surface area contributed by atoms with Crippen LogP contribution in [0.2, 0.25) is 0 Å². The third-order valence-electron chi connectivity index (χ3n) is 3.38. The normalized spacial score (nSPS) is 13.6. The molecule has 0 fully saturated rings. The third-order valence-corrected chi connectivity index (χ3v) is 3.38. The van der Waals surface area contributed by atoms with E-state index in [-0.39, 0.29) is 5.97 Å². The summed E-state index contributed by atoms with van der Waals surface area (Å²) in [5.74, 6) is -0.303.